The summed E-state index contributed by atoms with van der Waals surface area (Å²) in [6.07, 6.45) is 2.28. The largest absolute Gasteiger partial charge is 0.366 e. The fourth-order valence-electron chi connectivity index (χ4n) is 2.90. The lowest BCUT2D eigenvalue weighted by atomic mass is 9.96. The Morgan fingerprint density at radius 1 is 1.39 bits per heavy atom. The van der Waals surface area contributed by atoms with Gasteiger partial charge in [-0.3, -0.25) is 0 Å². The molecule has 1 aliphatic rings. The standard InChI is InChI=1S/C16H16F2N4O/c1-2-14-20-16(21-23-14)11-4-3-5-22(9-11)15-12(17)6-10(8-19)7-13(15)18/h6-7,11H,2-5,9H2,1H3/t11-/m1/s1. The summed E-state index contributed by atoms with van der Waals surface area (Å²) in [4.78, 5) is 5.97. The maximum atomic E-state index is 14.2. The van der Waals surface area contributed by atoms with Gasteiger partial charge in [-0.1, -0.05) is 12.1 Å². The van der Waals surface area contributed by atoms with Crippen molar-refractivity contribution in [3.63, 3.8) is 0 Å². The normalized spacial score (nSPS) is 18.0. The molecule has 0 bridgehead atoms. The molecular formula is C16H16F2N4O. The zero-order chi connectivity index (χ0) is 16.4. The molecule has 1 aromatic carbocycles. The van der Waals surface area contributed by atoms with E-state index in [2.05, 4.69) is 10.1 Å². The number of aromatic nitrogens is 2. The van der Waals surface area contributed by atoms with Gasteiger partial charge in [0.2, 0.25) is 5.89 Å². The Balaban J connectivity index is 1.85. The van der Waals surface area contributed by atoms with E-state index in [-0.39, 0.29) is 17.2 Å². The first kappa shape index (κ1) is 15.4. The third kappa shape index (κ3) is 3.02. The predicted molar refractivity (Wildman–Crippen MR) is 78.9 cm³/mol. The number of piperidine rings is 1. The average molecular weight is 318 g/mol. The summed E-state index contributed by atoms with van der Waals surface area (Å²) in [5, 5.41) is 12.7. The van der Waals surface area contributed by atoms with E-state index < -0.39 is 11.6 Å². The highest BCUT2D eigenvalue weighted by atomic mass is 19.1. The zero-order valence-electron chi connectivity index (χ0n) is 12.7. The van der Waals surface area contributed by atoms with Gasteiger partial charge in [-0.25, -0.2) is 8.78 Å². The van der Waals surface area contributed by atoms with Crippen molar-refractivity contribution in [2.45, 2.75) is 32.1 Å². The summed E-state index contributed by atoms with van der Waals surface area (Å²) >= 11 is 0. The van der Waals surface area contributed by atoms with E-state index in [1.54, 1.807) is 11.0 Å². The third-order valence-corrected chi connectivity index (χ3v) is 4.04. The van der Waals surface area contributed by atoms with Gasteiger partial charge < -0.3 is 9.42 Å². The quantitative estimate of drug-likeness (QED) is 0.869. The topological polar surface area (TPSA) is 66.0 Å². The van der Waals surface area contributed by atoms with E-state index in [1.807, 2.05) is 6.92 Å². The van der Waals surface area contributed by atoms with Crippen molar-refractivity contribution in [2.75, 3.05) is 18.0 Å². The van der Waals surface area contributed by atoms with Crippen LogP contribution in [0.5, 0.6) is 0 Å². The van der Waals surface area contributed by atoms with Crippen LogP contribution < -0.4 is 4.90 Å². The molecular weight excluding hydrogens is 302 g/mol. The molecule has 1 aromatic heterocycles. The molecule has 1 saturated heterocycles. The van der Waals surface area contributed by atoms with Crippen molar-refractivity contribution in [1.82, 2.24) is 10.1 Å². The lowest BCUT2D eigenvalue weighted by Gasteiger charge is -2.33. The van der Waals surface area contributed by atoms with Crippen LogP contribution in [0.4, 0.5) is 14.5 Å². The minimum absolute atomic E-state index is 0.0249. The molecule has 0 radical (unpaired) electrons. The van der Waals surface area contributed by atoms with E-state index in [1.165, 1.54) is 0 Å². The molecule has 0 spiro atoms. The summed E-state index contributed by atoms with van der Waals surface area (Å²) in [6, 6.07) is 3.87. The molecule has 2 aromatic rings. The number of halogens is 2. The highest BCUT2D eigenvalue weighted by molar-refractivity contribution is 5.53. The van der Waals surface area contributed by atoms with E-state index in [0.29, 0.717) is 31.2 Å². The number of nitriles is 1. The van der Waals surface area contributed by atoms with Gasteiger partial charge in [0.25, 0.3) is 0 Å². The molecule has 0 aliphatic carbocycles. The molecule has 2 heterocycles. The smallest absolute Gasteiger partial charge is 0.226 e. The van der Waals surface area contributed by atoms with Crippen molar-refractivity contribution in [3.8, 4) is 6.07 Å². The number of hydrogen-bond acceptors (Lipinski definition) is 5. The van der Waals surface area contributed by atoms with Gasteiger partial charge in [0.15, 0.2) is 17.5 Å². The number of anilines is 1. The molecule has 0 unspecified atom stereocenters. The van der Waals surface area contributed by atoms with Crippen LogP contribution in [0.15, 0.2) is 16.7 Å². The second-order valence-corrected chi connectivity index (χ2v) is 5.59. The molecule has 5 nitrogen and oxygen atoms in total. The van der Waals surface area contributed by atoms with Crippen molar-refractivity contribution < 1.29 is 13.3 Å². The van der Waals surface area contributed by atoms with Crippen molar-refractivity contribution in [3.05, 3.63) is 41.0 Å². The summed E-state index contributed by atoms with van der Waals surface area (Å²) in [6.45, 7) is 2.89. The molecule has 0 amide bonds. The number of rotatable bonds is 3. The summed E-state index contributed by atoms with van der Waals surface area (Å²) < 4.78 is 33.5. The third-order valence-electron chi connectivity index (χ3n) is 4.04. The van der Waals surface area contributed by atoms with Crippen molar-refractivity contribution in [1.29, 1.82) is 5.26 Å². The molecule has 0 N–H and O–H groups in total. The van der Waals surface area contributed by atoms with Crippen LogP contribution in [0.3, 0.4) is 0 Å². The Hall–Kier alpha value is -2.49. The van der Waals surface area contributed by atoms with Gasteiger partial charge in [0, 0.05) is 25.4 Å². The Bertz CT molecular complexity index is 730. The van der Waals surface area contributed by atoms with Gasteiger partial charge in [0.05, 0.1) is 11.6 Å². The van der Waals surface area contributed by atoms with Gasteiger partial charge in [-0.05, 0) is 25.0 Å². The molecule has 7 heteroatoms. The number of nitrogens with zero attached hydrogens (tertiary/aromatic N) is 4. The lowest BCUT2D eigenvalue weighted by Crippen LogP contribution is -2.36. The first-order chi connectivity index (χ1) is 11.1. The van der Waals surface area contributed by atoms with Crippen LogP contribution in [0.2, 0.25) is 0 Å². The summed E-state index contributed by atoms with van der Waals surface area (Å²) in [7, 11) is 0. The van der Waals surface area contributed by atoms with E-state index >= 15 is 0 Å². The van der Waals surface area contributed by atoms with Crippen LogP contribution in [-0.2, 0) is 6.42 Å². The summed E-state index contributed by atoms with van der Waals surface area (Å²) in [5.74, 6) is -0.315. The van der Waals surface area contributed by atoms with Crippen LogP contribution in [0, 0.1) is 23.0 Å². The Morgan fingerprint density at radius 3 is 2.74 bits per heavy atom. The second-order valence-electron chi connectivity index (χ2n) is 5.59. The van der Waals surface area contributed by atoms with Crippen molar-refractivity contribution in [2.24, 2.45) is 0 Å². The lowest BCUT2D eigenvalue weighted by molar-refractivity contribution is 0.367. The minimum Gasteiger partial charge on any atom is -0.366 e. The van der Waals surface area contributed by atoms with Gasteiger partial charge in [0.1, 0.15) is 5.69 Å². The Morgan fingerprint density at radius 2 is 2.13 bits per heavy atom. The fraction of sp³-hybridized carbons (Fsp3) is 0.438. The molecule has 3 rings (SSSR count). The van der Waals surface area contributed by atoms with Gasteiger partial charge in [-0.15, -0.1) is 0 Å². The monoisotopic (exact) mass is 318 g/mol. The van der Waals surface area contributed by atoms with E-state index in [0.717, 1.165) is 25.0 Å². The maximum absolute atomic E-state index is 14.2. The number of benzene rings is 1. The fourth-order valence-corrected chi connectivity index (χ4v) is 2.90. The molecule has 1 fully saturated rings. The molecule has 120 valence electrons. The number of hydrogen-bond donors (Lipinski definition) is 0. The minimum atomic E-state index is -0.718. The molecule has 1 atom stereocenters. The summed E-state index contributed by atoms with van der Waals surface area (Å²) in [5.41, 5.74) is -0.115. The Labute approximate surface area is 132 Å². The second kappa shape index (κ2) is 6.32. The van der Waals surface area contributed by atoms with E-state index in [4.69, 9.17) is 9.78 Å². The maximum Gasteiger partial charge on any atom is 0.226 e. The van der Waals surface area contributed by atoms with E-state index in [9.17, 15) is 8.78 Å². The molecule has 0 saturated carbocycles. The van der Waals surface area contributed by atoms with Crippen LogP contribution in [0.25, 0.3) is 0 Å². The average Bonchev–Trinajstić information content (AvgIpc) is 3.03. The highest BCUT2D eigenvalue weighted by Gasteiger charge is 2.28. The van der Waals surface area contributed by atoms with Crippen molar-refractivity contribution >= 4 is 5.69 Å². The van der Waals surface area contributed by atoms with Gasteiger partial charge in [-0.2, -0.15) is 10.2 Å². The number of aryl methyl sites for hydroxylation is 1. The zero-order valence-corrected chi connectivity index (χ0v) is 12.7. The highest BCUT2D eigenvalue weighted by Crippen LogP contribution is 2.32. The predicted octanol–water partition coefficient (Wildman–Crippen LogP) is 3.17. The van der Waals surface area contributed by atoms with Crippen LogP contribution in [0.1, 0.15) is 43.0 Å². The first-order valence-electron chi connectivity index (χ1n) is 7.59. The molecule has 1 aliphatic heterocycles. The van der Waals surface area contributed by atoms with Crippen LogP contribution >= 0.6 is 0 Å². The Kier molecular flexibility index (Phi) is 4.24. The van der Waals surface area contributed by atoms with Crippen LogP contribution in [-0.4, -0.2) is 23.2 Å². The molecule has 23 heavy (non-hydrogen) atoms. The van der Waals surface area contributed by atoms with Gasteiger partial charge >= 0.3 is 0 Å². The first-order valence-corrected chi connectivity index (χ1v) is 7.59. The SMILES string of the molecule is CCc1nc([C@@H]2CCCN(c3c(F)cc(C#N)cc3F)C2)no1.